The second kappa shape index (κ2) is 5.28. The van der Waals surface area contributed by atoms with Gasteiger partial charge in [0.25, 0.3) is 0 Å². The molecule has 1 fully saturated rings. The van der Waals surface area contributed by atoms with E-state index in [9.17, 15) is 5.11 Å². The number of hydrogen-bond acceptors (Lipinski definition) is 5. The number of ether oxygens (including phenoxy) is 1. The number of nitrogens with one attached hydrogen (secondary N) is 1. The molecule has 100 valence electrons. The minimum Gasteiger partial charge on any atom is -0.396 e. The maximum absolute atomic E-state index is 9.36. The second-order valence-corrected chi connectivity index (χ2v) is 5.77. The highest BCUT2D eigenvalue weighted by atomic mass is 32.1. The van der Waals surface area contributed by atoms with Crippen LogP contribution in [0.15, 0.2) is 35.7 Å². The molecule has 1 aliphatic heterocycles. The molecule has 1 aromatic carbocycles. The third kappa shape index (κ3) is 2.63. The third-order valence-corrected chi connectivity index (χ3v) is 4.14. The lowest BCUT2D eigenvalue weighted by Gasteiger charge is -2.39. The molecule has 3 rings (SSSR count). The Balaban J connectivity index is 1.65. The van der Waals surface area contributed by atoms with Crippen LogP contribution in [0.2, 0.25) is 0 Å². The fourth-order valence-electron chi connectivity index (χ4n) is 2.00. The van der Waals surface area contributed by atoms with E-state index in [1.807, 2.05) is 35.7 Å². The van der Waals surface area contributed by atoms with Crippen molar-refractivity contribution in [1.82, 2.24) is 4.98 Å². The molecular formula is C14H16N2O2S. The summed E-state index contributed by atoms with van der Waals surface area (Å²) in [5, 5.41) is 15.6. The van der Waals surface area contributed by atoms with Crippen molar-refractivity contribution in [2.75, 3.05) is 31.7 Å². The SMILES string of the molecule is OCC1(CNc2nc(-c3ccccc3)cs2)COC1. The third-order valence-electron chi connectivity index (χ3n) is 3.34. The first kappa shape index (κ1) is 12.6. The van der Waals surface area contributed by atoms with E-state index >= 15 is 0 Å². The molecule has 2 aromatic rings. The Kier molecular flexibility index (Phi) is 3.50. The van der Waals surface area contributed by atoms with Crippen LogP contribution in [0, 0.1) is 5.41 Å². The predicted octanol–water partition coefficient (Wildman–Crippen LogP) is 2.23. The lowest BCUT2D eigenvalue weighted by Crippen LogP contribution is -2.50. The Morgan fingerprint density at radius 2 is 2.11 bits per heavy atom. The molecular weight excluding hydrogens is 260 g/mol. The molecule has 1 saturated heterocycles. The van der Waals surface area contributed by atoms with Crippen molar-refractivity contribution in [3.8, 4) is 11.3 Å². The number of anilines is 1. The maximum Gasteiger partial charge on any atom is 0.183 e. The molecule has 0 aliphatic carbocycles. The van der Waals surface area contributed by atoms with Crippen molar-refractivity contribution in [3.63, 3.8) is 0 Å². The number of benzene rings is 1. The fraction of sp³-hybridized carbons (Fsp3) is 0.357. The van der Waals surface area contributed by atoms with Gasteiger partial charge in [0.1, 0.15) is 0 Å². The minimum atomic E-state index is -0.126. The molecule has 4 nitrogen and oxygen atoms in total. The zero-order chi connectivity index (χ0) is 13.1. The first-order chi connectivity index (χ1) is 9.31. The smallest absolute Gasteiger partial charge is 0.183 e. The molecule has 0 bridgehead atoms. The summed E-state index contributed by atoms with van der Waals surface area (Å²) in [6, 6.07) is 10.1. The quantitative estimate of drug-likeness (QED) is 0.879. The summed E-state index contributed by atoms with van der Waals surface area (Å²) in [5.74, 6) is 0. The zero-order valence-electron chi connectivity index (χ0n) is 10.5. The van der Waals surface area contributed by atoms with Gasteiger partial charge in [0.05, 0.1) is 30.9 Å². The molecule has 2 N–H and O–H groups in total. The fourth-order valence-corrected chi connectivity index (χ4v) is 2.72. The molecule has 0 unspecified atom stereocenters. The van der Waals surface area contributed by atoms with Gasteiger partial charge in [-0.1, -0.05) is 30.3 Å². The summed E-state index contributed by atoms with van der Waals surface area (Å²) in [7, 11) is 0. The number of thiazole rings is 1. The van der Waals surface area contributed by atoms with E-state index in [-0.39, 0.29) is 12.0 Å². The number of nitrogens with zero attached hydrogens (tertiary/aromatic N) is 1. The van der Waals surface area contributed by atoms with Crippen LogP contribution in [-0.2, 0) is 4.74 Å². The van der Waals surface area contributed by atoms with E-state index in [1.54, 1.807) is 11.3 Å². The molecule has 2 heterocycles. The van der Waals surface area contributed by atoms with Crippen molar-refractivity contribution in [2.45, 2.75) is 0 Å². The van der Waals surface area contributed by atoms with Crippen molar-refractivity contribution >= 4 is 16.5 Å². The van der Waals surface area contributed by atoms with Gasteiger partial charge in [0.15, 0.2) is 5.13 Å². The molecule has 0 spiro atoms. The standard InChI is InChI=1S/C14H16N2O2S/c17-8-14(9-18-10-14)7-15-13-16-12(6-19-13)11-4-2-1-3-5-11/h1-6,17H,7-10H2,(H,15,16). The van der Waals surface area contributed by atoms with Crippen molar-refractivity contribution < 1.29 is 9.84 Å². The number of rotatable bonds is 5. The first-order valence-electron chi connectivity index (χ1n) is 6.25. The van der Waals surface area contributed by atoms with Crippen LogP contribution < -0.4 is 5.32 Å². The van der Waals surface area contributed by atoms with Crippen LogP contribution in [-0.4, -0.2) is 36.5 Å². The van der Waals surface area contributed by atoms with Crippen molar-refractivity contribution in [3.05, 3.63) is 35.7 Å². The summed E-state index contributed by atoms with van der Waals surface area (Å²) < 4.78 is 5.18. The highest BCUT2D eigenvalue weighted by molar-refractivity contribution is 7.14. The summed E-state index contributed by atoms with van der Waals surface area (Å²) in [5.41, 5.74) is 1.98. The van der Waals surface area contributed by atoms with Gasteiger partial charge in [0, 0.05) is 17.5 Å². The van der Waals surface area contributed by atoms with Crippen LogP contribution in [0.4, 0.5) is 5.13 Å². The number of hydrogen-bond donors (Lipinski definition) is 2. The number of aliphatic hydroxyl groups excluding tert-OH is 1. The lowest BCUT2D eigenvalue weighted by molar-refractivity contribution is -0.128. The second-order valence-electron chi connectivity index (χ2n) is 4.91. The Morgan fingerprint density at radius 3 is 2.74 bits per heavy atom. The Hall–Kier alpha value is -1.43. The number of aliphatic hydroxyl groups is 1. The van der Waals surface area contributed by atoms with Crippen LogP contribution in [0.1, 0.15) is 0 Å². The molecule has 0 saturated carbocycles. The zero-order valence-corrected chi connectivity index (χ0v) is 11.3. The van der Waals surface area contributed by atoms with Crippen molar-refractivity contribution in [2.24, 2.45) is 5.41 Å². The van der Waals surface area contributed by atoms with E-state index in [4.69, 9.17) is 4.74 Å². The molecule has 1 aliphatic rings. The predicted molar refractivity (Wildman–Crippen MR) is 76.4 cm³/mol. The van der Waals surface area contributed by atoms with Gasteiger partial charge in [-0.3, -0.25) is 0 Å². The summed E-state index contributed by atoms with van der Waals surface area (Å²) in [6.45, 7) is 2.09. The van der Waals surface area contributed by atoms with Gasteiger partial charge >= 0.3 is 0 Å². The number of aromatic nitrogens is 1. The average molecular weight is 276 g/mol. The van der Waals surface area contributed by atoms with Gasteiger partial charge in [-0.2, -0.15) is 0 Å². The molecule has 0 radical (unpaired) electrons. The largest absolute Gasteiger partial charge is 0.396 e. The highest BCUT2D eigenvalue weighted by Gasteiger charge is 2.38. The van der Waals surface area contributed by atoms with Crippen LogP contribution >= 0.6 is 11.3 Å². The monoisotopic (exact) mass is 276 g/mol. The molecule has 0 amide bonds. The summed E-state index contributed by atoms with van der Waals surface area (Å²) in [6.07, 6.45) is 0. The van der Waals surface area contributed by atoms with Gasteiger partial charge in [-0.05, 0) is 0 Å². The summed E-state index contributed by atoms with van der Waals surface area (Å²) >= 11 is 1.59. The van der Waals surface area contributed by atoms with E-state index < -0.39 is 0 Å². The normalized spacial score (nSPS) is 16.9. The van der Waals surface area contributed by atoms with Gasteiger partial charge in [-0.25, -0.2) is 4.98 Å². The Morgan fingerprint density at radius 1 is 1.32 bits per heavy atom. The lowest BCUT2D eigenvalue weighted by atomic mass is 9.87. The molecule has 0 atom stereocenters. The Labute approximate surface area is 116 Å². The van der Waals surface area contributed by atoms with Crippen LogP contribution in [0.3, 0.4) is 0 Å². The maximum atomic E-state index is 9.36. The molecule has 19 heavy (non-hydrogen) atoms. The van der Waals surface area contributed by atoms with E-state index in [0.717, 1.165) is 16.4 Å². The topological polar surface area (TPSA) is 54.4 Å². The van der Waals surface area contributed by atoms with Crippen LogP contribution in [0.5, 0.6) is 0 Å². The Bertz CT molecular complexity index is 532. The van der Waals surface area contributed by atoms with E-state index in [2.05, 4.69) is 10.3 Å². The van der Waals surface area contributed by atoms with Gasteiger partial charge in [-0.15, -0.1) is 11.3 Å². The minimum absolute atomic E-state index is 0.126. The van der Waals surface area contributed by atoms with E-state index in [1.165, 1.54) is 0 Å². The molecule has 1 aromatic heterocycles. The summed E-state index contributed by atoms with van der Waals surface area (Å²) in [4.78, 5) is 4.56. The highest BCUT2D eigenvalue weighted by Crippen LogP contribution is 2.29. The molecule has 5 heteroatoms. The first-order valence-corrected chi connectivity index (χ1v) is 7.13. The average Bonchev–Trinajstić information content (AvgIpc) is 2.88. The van der Waals surface area contributed by atoms with Gasteiger partial charge in [0.2, 0.25) is 0 Å². The van der Waals surface area contributed by atoms with Gasteiger partial charge < -0.3 is 15.2 Å². The van der Waals surface area contributed by atoms with E-state index in [0.29, 0.717) is 19.8 Å². The van der Waals surface area contributed by atoms with Crippen LogP contribution in [0.25, 0.3) is 11.3 Å². The van der Waals surface area contributed by atoms with Crippen molar-refractivity contribution in [1.29, 1.82) is 0 Å².